The zero-order valence-electron chi connectivity index (χ0n) is 9.98. The van der Waals surface area contributed by atoms with Crippen LogP contribution < -0.4 is 5.43 Å². The molecule has 0 aliphatic rings. The molecule has 1 aromatic heterocycles. The molecule has 0 aliphatic heterocycles. The molecule has 1 aromatic carbocycles. The highest BCUT2D eigenvalue weighted by molar-refractivity contribution is 9.11. The van der Waals surface area contributed by atoms with Gasteiger partial charge in [0.05, 0.1) is 14.4 Å². The summed E-state index contributed by atoms with van der Waals surface area (Å²) in [5.74, 6) is -0.741. The maximum atomic E-state index is 12.7. The molecule has 0 saturated heterocycles. The second kappa shape index (κ2) is 6.08. The zero-order chi connectivity index (χ0) is 13.8. The van der Waals surface area contributed by atoms with E-state index in [1.165, 1.54) is 35.6 Å². The minimum absolute atomic E-state index is 0.366. The van der Waals surface area contributed by atoms with Gasteiger partial charge in [-0.05, 0) is 59.3 Å². The van der Waals surface area contributed by atoms with Crippen molar-refractivity contribution in [3.63, 3.8) is 0 Å². The van der Waals surface area contributed by atoms with E-state index in [1.807, 2.05) is 19.1 Å². The van der Waals surface area contributed by atoms with Crippen molar-refractivity contribution < 1.29 is 9.18 Å². The number of hydrogen-bond donors (Lipinski definition) is 1. The molecule has 0 aliphatic carbocycles. The summed E-state index contributed by atoms with van der Waals surface area (Å²) in [7, 11) is 0. The van der Waals surface area contributed by atoms with Crippen LogP contribution in [0.15, 0.2) is 45.3 Å². The molecule has 0 bridgehead atoms. The van der Waals surface area contributed by atoms with Crippen molar-refractivity contribution in [3.8, 4) is 0 Å². The third kappa shape index (κ3) is 3.71. The summed E-state index contributed by atoms with van der Waals surface area (Å²) < 4.78 is 13.7. The van der Waals surface area contributed by atoms with Crippen LogP contribution in [-0.4, -0.2) is 11.6 Å². The van der Waals surface area contributed by atoms with Gasteiger partial charge in [0, 0.05) is 5.56 Å². The zero-order valence-corrected chi connectivity index (χ0v) is 12.4. The van der Waals surface area contributed by atoms with Gasteiger partial charge in [0.1, 0.15) is 5.82 Å². The quantitative estimate of drug-likeness (QED) is 0.670. The summed E-state index contributed by atoms with van der Waals surface area (Å²) in [6.45, 7) is 1.81. The Morgan fingerprint density at radius 3 is 2.53 bits per heavy atom. The molecule has 0 radical (unpaired) electrons. The Morgan fingerprint density at radius 2 is 1.95 bits per heavy atom. The fourth-order valence-corrected chi connectivity index (χ4v) is 2.70. The minimum Gasteiger partial charge on any atom is -0.267 e. The van der Waals surface area contributed by atoms with Gasteiger partial charge in [-0.1, -0.05) is 0 Å². The van der Waals surface area contributed by atoms with Crippen LogP contribution in [0.25, 0.3) is 0 Å². The number of thiophene rings is 1. The van der Waals surface area contributed by atoms with Crippen LogP contribution in [0.2, 0.25) is 0 Å². The molecule has 0 atom stereocenters. The number of hydrazone groups is 1. The smallest absolute Gasteiger partial charge is 0.267 e. The first kappa shape index (κ1) is 13.9. The van der Waals surface area contributed by atoms with Gasteiger partial charge in [0.25, 0.3) is 5.91 Å². The Balaban J connectivity index is 2.05. The molecule has 19 heavy (non-hydrogen) atoms. The fourth-order valence-electron chi connectivity index (χ4n) is 1.36. The molecule has 2 aromatic rings. The van der Waals surface area contributed by atoms with E-state index in [-0.39, 0.29) is 11.7 Å². The summed E-state index contributed by atoms with van der Waals surface area (Å²) in [5, 5.41) is 4.02. The van der Waals surface area contributed by atoms with Gasteiger partial charge in [-0.25, -0.2) is 9.82 Å². The SMILES string of the molecule is C/C(=N/NC(=O)c1ccc(F)cc1)c1ccc(Br)s1. The van der Waals surface area contributed by atoms with Crippen molar-refractivity contribution in [2.45, 2.75) is 6.92 Å². The topological polar surface area (TPSA) is 41.5 Å². The van der Waals surface area contributed by atoms with Gasteiger partial charge in [-0.15, -0.1) is 11.3 Å². The molecule has 2 rings (SSSR count). The number of rotatable bonds is 3. The average Bonchev–Trinajstić information content (AvgIpc) is 2.83. The highest BCUT2D eigenvalue weighted by Gasteiger charge is 2.06. The van der Waals surface area contributed by atoms with Gasteiger partial charge in [-0.2, -0.15) is 5.10 Å². The average molecular weight is 341 g/mol. The van der Waals surface area contributed by atoms with E-state index in [0.29, 0.717) is 11.3 Å². The monoisotopic (exact) mass is 340 g/mol. The second-order valence-electron chi connectivity index (χ2n) is 3.75. The third-order valence-electron chi connectivity index (χ3n) is 2.36. The number of benzene rings is 1. The van der Waals surface area contributed by atoms with Gasteiger partial charge < -0.3 is 0 Å². The van der Waals surface area contributed by atoms with E-state index < -0.39 is 0 Å². The van der Waals surface area contributed by atoms with Crippen LogP contribution in [0.4, 0.5) is 4.39 Å². The van der Waals surface area contributed by atoms with Crippen LogP contribution in [0.3, 0.4) is 0 Å². The molecule has 1 amide bonds. The van der Waals surface area contributed by atoms with Crippen LogP contribution in [-0.2, 0) is 0 Å². The number of nitrogens with one attached hydrogen (secondary N) is 1. The van der Waals surface area contributed by atoms with Gasteiger partial charge in [0.15, 0.2) is 0 Å². The summed E-state index contributed by atoms with van der Waals surface area (Å²) in [4.78, 5) is 12.7. The first-order chi connectivity index (χ1) is 9.06. The lowest BCUT2D eigenvalue weighted by Gasteiger charge is -2.01. The summed E-state index contributed by atoms with van der Waals surface area (Å²) in [5.41, 5.74) is 3.52. The Hall–Kier alpha value is -1.53. The van der Waals surface area contributed by atoms with Crippen molar-refractivity contribution in [3.05, 3.63) is 56.4 Å². The van der Waals surface area contributed by atoms with Gasteiger partial charge in [0.2, 0.25) is 0 Å². The lowest BCUT2D eigenvalue weighted by Crippen LogP contribution is -2.19. The fraction of sp³-hybridized carbons (Fsp3) is 0.0769. The molecule has 1 heterocycles. The Morgan fingerprint density at radius 1 is 1.26 bits per heavy atom. The predicted octanol–water partition coefficient (Wildman–Crippen LogP) is 3.80. The Bertz CT molecular complexity index is 622. The van der Waals surface area contributed by atoms with Gasteiger partial charge >= 0.3 is 0 Å². The molecule has 0 spiro atoms. The molecular formula is C13H10BrFN2OS. The maximum Gasteiger partial charge on any atom is 0.271 e. The Kier molecular flexibility index (Phi) is 4.44. The first-order valence-corrected chi connectivity index (χ1v) is 7.03. The van der Waals surface area contributed by atoms with Crippen LogP contribution >= 0.6 is 27.3 Å². The molecule has 0 saturated carbocycles. The molecule has 3 nitrogen and oxygen atoms in total. The third-order valence-corrected chi connectivity index (χ3v) is 4.09. The normalized spacial score (nSPS) is 11.4. The van der Waals surface area contributed by atoms with Crippen molar-refractivity contribution in [1.82, 2.24) is 5.43 Å². The van der Waals surface area contributed by atoms with Crippen LogP contribution in [0, 0.1) is 5.82 Å². The summed E-state index contributed by atoms with van der Waals surface area (Å²) in [6, 6.07) is 9.14. The Labute approximate surface area is 122 Å². The van der Waals surface area contributed by atoms with E-state index in [2.05, 4.69) is 26.5 Å². The van der Waals surface area contributed by atoms with Crippen molar-refractivity contribution >= 4 is 38.9 Å². The van der Waals surface area contributed by atoms with E-state index in [4.69, 9.17) is 0 Å². The van der Waals surface area contributed by atoms with E-state index in [0.717, 1.165) is 8.66 Å². The van der Waals surface area contributed by atoms with Gasteiger partial charge in [-0.3, -0.25) is 4.79 Å². The maximum absolute atomic E-state index is 12.7. The number of halogens is 2. The van der Waals surface area contributed by atoms with Crippen LogP contribution in [0.5, 0.6) is 0 Å². The minimum atomic E-state index is -0.375. The van der Waals surface area contributed by atoms with Crippen molar-refractivity contribution in [2.24, 2.45) is 5.10 Å². The highest BCUT2D eigenvalue weighted by Crippen LogP contribution is 2.22. The largest absolute Gasteiger partial charge is 0.271 e. The van der Waals surface area contributed by atoms with Crippen molar-refractivity contribution in [1.29, 1.82) is 0 Å². The molecule has 0 fully saturated rings. The first-order valence-electron chi connectivity index (χ1n) is 5.42. The molecule has 0 unspecified atom stereocenters. The van der Waals surface area contributed by atoms with Crippen molar-refractivity contribution in [2.75, 3.05) is 0 Å². The van der Waals surface area contributed by atoms with E-state index >= 15 is 0 Å². The summed E-state index contributed by atoms with van der Waals surface area (Å²) >= 11 is 4.89. The van der Waals surface area contributed by atoms with Crippen LogP contribution in [0.1, 0.15) is 22.2 Å². The second-order valence-corrected chi connectivity index (χ2v) is 6.21. The number of hydrogen-bond acceptors (Lipinski definition) is 3. The van der Waals surface area contributed by atoms with E-state index in [1.54, 1.807) is 0 Å². The molecular weight excluding hydrogens is 331 g/mol. The lowest BCUT2D eigenvalue weighted by atomic mass is 10.2. The highest BCUT2D eigenvalue weighted by atomic mass is 79.9. The summed E-state index contributed by atoms with van der Waals surface area (Å²) in [6.07, 6.45) is 0. The standard InChI is InChI=1S/C13H10BrFN2OS/c1-8(11-6-7-12(14)19-11)16-17-13(18)9-2-4-10(15)5-3-9/h2-7H,1H3,(H,17,18)/b16-8-. The molecule has 98 valence electrons. The molecule has 1 N–H and O–H groups in total. The number of carbonyl (C=O) groups excluding carboxylic acids is 1. The molecule has 6 heteroatoms. The van der Waals surface area contributed by atoms with E-state index in [9.17, 15) is 9.18 Å². The number of nitrogens with zero attached hydrogens (tertiary/aromatic N) is 1. The number of carbonyl (C=O) groups is 1. The number of amides is 1. The predicted molar refractivity (Wildman–Crippen MR) is 78.1 cm³/mol. The lowest BCUT2D eigenvalue weighted by molar-refractivity contribution is 0.0955.